The minimum Gasteiger partial charge on any atom is -0.396 e. The zero-order valence-corrected chi connectivity index (χ0v) is 15.9. The number of hydrogen-bond acceptors (Lipinski definition) is 3. The number of carbonyl (C=O) groups excluding carboxylic acids is 1. The van der Waals surface area contributed by atoms with Crippen LogP contribution in [-0.4, -0.2) is 60.3 Å². The first-order chi connectivity index (χ1) is 12.1. The third-order valence-corrected chi connectivity index (χ3v) is 5.26. The van der Waals surface area contributed by atoms with Crippen LogP contribution in [-0.2, 0) is 12.8 Å². The molecular weight excluding hydrogens is 314 g/mol. The lowest BCUT2D eigenvalue weighted by molar-refractivity contribution is 0.134. The summed E-state index contributed by atoms with van der Waals surface area (Å²) < 4.78 is 0. The second-order valence-electron chi connectivity index (χ2n) is 6.90. The van der Waals surface area contributed by atoms with Crippen LogP contribution in [0, 0.1) is 0 Å². The van der Waals surface area contributed by atoms with Crippen molar-refractivity contribution < 1.29 is 9.90 Å². The first-order valence-corrected chi connectivity index (χ1v) is 9.57. The molecule has 2 amide bonds. The molecule has 5 nitrogen and oxygen atoms in total. The van der Waals surface area contributed by atoms with Crippen LogP contribution in [0.2, 0.25) is 0 Å². The number of rotatable bonds is 7. The van der Waals surface area contributed by atoms with Gasteiger partial charge in [0.25, 0.3) is 0 Å². The smallest absolute Gasteiger partial charge is 0.321 e. The van der Waals surface area contributed by atoms with Gasteiger partial charge in [-0.05, 0) is 62.4 Å². The van der Waals surface area contributed by atoms with Crippen molar-refractivity contribution in [2.75, 3.05) is 38.6 Å². The third-order valence-electron chi connectivity index (χ3n) is 5.26. The average Bonchev–Trinajstić information content (AvgIpc) is 2.66. The van der Waals surface area contributed by atoms with Crippen molar-refractivity contribution in [3.8, 4) is 0 Å². The minimum absolute atomic E-state index is 0.00256. The summed E-state index contributed by atoms with van der Waals surface area (Å²) in [5, 5.41) is 12.0. The molecule has 25 heavy (non-hydrogen) atoms. The van der Waals surface area contributed by atoms with Crippen LogP contribution in [0.4, 0.5) is 10.5 Å². The molecule has 0 radical (unpaired) electrons. The molecule has 1 saturated heterocycles. The topological polar surface area (TPSA) is 55.8 Å². The number of likely N-dealkylation sites (tertiary alicyclic amines) is 1. The number of benzene rings is 1. The Morgan fingerprint density at radius 1 is 1.24 bits per heavy atom. The number of anilines is 1. The Bertz CT molecular complexity index is 554. The molecule has 140 valence electrons. The van der Waals surface area contributed by atoms with E-state index >= 15 is 0 Å². The average molecular weight is 348 g/mol. The van der Waals surface area contributed by atoms with Gasteiger partial charge in [-0.3, -0.25) is 0 Å². The number of nitrogens with zero attached hydrogens (tertiary/aromatic N) is 2. The predicted octanol–water partition coefficient (Wildman–Crippen LogP) is 3.12. The van der Waals surface area contributed by atoms with Crippen LogP contribution in [0.3, 0.4) is 0 Å². The Balaban J connectivity index is 1.86. The molecule has 1 heterocycles. The van der Waals surface area contributed by atoms with Crippen molar-refractivity contribution in [3.05, 3.63) is 29.3 Å². The molecule has 0 aliphatic carbocycles. The maximum absolute atomic E-state index is 12.5. The molecule has 0 bridgehead atoms. The van der Waals surface area contributed by atoms with Crippen molar-refractivity contribution in [1.82, 2.24) is 9.80 Å². The van der Waals surface area contributed by atoms with Crippen LogP contribution in [0.15, 0.2) is 18.2 Å². The van der Waals surface area contributed by atoms with Crippen LogP contribution in [0.1, 0.15) is 44.2 Å². The van der Waals surface area contributed by atoms with Gasteiger partial charge in [-0.25, -0.2) is 4.79 Å². The minimum atomic E-state index is 0.00256. The lowest BCUT2D eigenvalue weighted by Gasteiger charge is -2.36. The summed E-state index contributed by atoms with van der Waals surface area (Å²) in [6, 6.07) is 6.74. The number of amides is 2. The Hall–Kier alpha value is -1.59. The largest absolute Gasteiger partial charge is 0.396 e. The third kappa shape index (κ3) is 5.44. The standard InChI is InChI=1S/C20H33N3O2/c1-4-16-7-8-18(15-17(16)5-2)21-20(25)23-12-9-19(10-13-23)22(3)11-6-14-24/h7-8,15,19,24H,4-6,9-14H2,1-3H3,(H,21,25). The molecule has 0 atom stereocenters. The molecule has 1 aromatic rings. The van der Waals surface area contributed by atoms with E-state index in [1.54, 1.807) is 0 Å². The number of aliphatic hydroxyl groups is 1. The fraction of sp³-hybridized carbons (Fsp3) is 0.650. The van der Waals surface area contributed by atoms with Gasteiger partial charge in [-0.2, -0.15) is 0 Å². The van der Waals surface area contributed by atoms with Gasteiger partial charge in [0.1, 0.15) is 0 Å². The molecule has 1 aliphatic heterocycles. The molecule has 2 rings (SSSR count). The summed E-state index contributed by atoms with van der Waals surface area (Å²) in [6.07, 6.45) is 4.80. The maximum atomic E-state index is 12.5. The highest BCUT2D eigenvalue weighted by atomic mass is 16.3. The molecule has 0 unspecified atom stereocenters. The molecule has 5 heteroatoms. The SMILES string of the molecule is CCc1ccc(NC(=O)N2CCC(N(C)CCCO)CC2)cc1CC. The lowest BCUT2D eigenvalue weighted by atomic mass is 10.0. The normalized spacial score (nSPS) is 15.6. The van der Waals surface area contributed by atoms with E-state index in [1.807, 2.05) is 11.0 Å². The number of aliphatic hydroxyl groups excluding tert-OH is 1. The van der Waals surface area contributed by atoms with Crippen molar-refractivity contribution in [3.63, 3.8) is 0 Å². The fourth-order valence-corrected chi connectivity index (χ4v) is 3.59. The summed E-state index contributed by atoms with van der Waals surface area (Å²) in [4.78, 5) is 16.8. The quantitative estimate of drug-likeness (QED) is 0.797. The highest BCUT2D eigenvalue weighted by Crippen LogP contribution is 2.20. The molecule has 0 spiro atoms. The highest BCUT2D eigenvalue weighted by Gasteiger charge is 2.25. The predicted molar refractivity (Wildman–Crippen MR) is 103 cm³/mol. The number of hydrogen-bond donors (Lipinski definition) is 2. The zero-order valence-electron chi connectivity index (χ0n) is 15.9. The van der Waals surface area contributed by atoms with Gasteiger partial charge in [0.05, 0.1) is 0 Å². The first-order valence-electron chi connectivity index (χ1n) is 9.57. The van der Waals surface area contributed by atoms with E-state index in [2.05, 4.69) is 43.2 Å². The second kappa shape index (κ2) is 9.78. The van der Waals surface area contributed by atoms with Crippen molar-refractivity contribution in [1.29, 1.82) is 0 Å². The first kappa shape index (κ1) is 19.7. The number of piperidine rings is 1. The Morgan fingerprint density at radius 2 is 1.92 bits per heavy atom. The molecule has 2 N–H and O–H groups in total. The summed E-state index contributed by atoms with van der Waals surface area (Å²) in [7, 11) is 2.11. The molecule has 1 aliphatic rings. The van der Waals surface area contributed by atoms with Gasteiger partial charge in [0, 0.05) is 38.0 Å². The Kier molecular flexibility index (Phi) is 7.72. The molecule has 0 aromatic heterocycles. The van der Waals surface area contributed by atoms with Crippen molar-refractivity contribution in [2.45, 2.75) is 52.0 Å². The Morgan fingerprint density at radius 3 is 2.52 bits per heavy atom. The summed E-state index contributed by atoms with van der Waals surface area (Å²) in [5.41, 5.74) is 3.55. The van der Waals surface area contributed by atoms with E-state index in [-0.39, 0.29) is 12.6 Å². The maximum Gasteiger partial charge on any atom is 0.321 e. The van der Waals surface area contributed by atoms with Gasteiger partial charge in [0.2, 0.25) is 0 Å². The van der Waals surface area contributed by atoms with Gasteiger partial charge < -0.3 is 20.2 Å². The second-order valence-corrected chi connectivity index (χ2v) is 6.90. The monoisotopic (exact) mass is 347 g/mol. The summed E-state index contributed by atoms with van der Waals surface area (Å²) in [6.45, 7) is 7.03. The molecule has 1 fully saturated rings. The van der Waals surface area contributed by atoms with Crippen LogP contribution in [0.5, 0.6) is 0 Å². The van der Waals surface area contributed by atoms with E-state index in [4.69, 9.17) is 5.11 Å². The number of nitrogens with one attached hydrogen (secondary N) is 1. The van der Waals surface area contributed by atoms with Gasteiger partial charge in [-0.1, -0.05) is 19.9 Å². The summed E-state index contributed by atoms with van der Waals surface area (Å²) >= 11 is 0. The molecular formula is C20H33N3O2. The highest BCUT2D eigenvalue weighted by molar-refractivity contribution is 5.89. The van der Waals surface area contributed by atoms with Crippen LogP contribution < -0.4 is 5.32 Å². The van der Waals surface area contributed by atoms with Crippen LogP contribution in [0.25, 0.3) is 0 Å². The van der Waals surface area contributed by atoms with E-state index in [1.165, 1.54) is 11.1 Å². The number of urea groups is 1. The molecule has 0 saturated carbocycles. The van der Waals surface area contributed by atoms with E-state index in [0.717, 1.165) is 57.4 Å². The van der Waals surface area contributed by atoms with E-state index < -0.39 is 0 Å². The van der Waals surface area contributed by atoms with Crippen molar-refractivity contribution >= 4 is 11.7 Å². The lowest BCUT2D eigenvalue weighted by Crippen LogP contribution is -2.47. The van der Waals surface area contributed by atoms with Gasteiger partial charge >= 0.3 is 6.03 Å². The Labute approximate surface area is 152 Å². The van der Waals surface area contributed by atoms with Gasteiger partial charge in [-0.15, -0.1) is 0 Å². The fourth-order valence-electron chi connectivity index (χ4n) is 3.59. The number of aryl methyl sites for hydroxylation is 2. The van der Waals surface area contributed by atoms with E-state index in [9.17, 15) is 4.79 Å². The zero-order chi connectivity index (χ0) is 18.2. The number of carbonyl (C=O) groups is 1. The van der Waals surface area contributed by atoms with Crippen molar-refractivity contribution in [2.24, 2.45) is 0 Å². The van der Waals surface area contributed by atoms with Crippen LogP contribution >= 0.6 is 0 Å². The molecule has 1 aromatic carbocycles. The summed E-state index contributed by atoms with van der Waals surface area (Å²) in [5.74, 6) is 0. The van der Waals surface area contributed by atoms with E-state index in [0.29, 0.717) is 6.04 Å². The van der Waals surface area contributed by atoms with Gasteiger partial charge in [0.15, 0.2) is 0 Å².